The van der Waals surface area contributed by atoms with Crippen LogP contribution in [0.25, 0.3) is 11.3 Å². The normalized spacial score (nSPS) is 15.0. The van der Waals surface area contributed by atoms with E-state index in [2.05, 4.69) is 40.3 Å². The molecule has 0 spiro atoms. The van der Waals surface area contributed by atoms with Crippen LogP contribution < -0.4 is 14.8 Å². The molecule has 0 unspecified atom stereocenters. The van der Waals surface area contributed by atoms with Gasteiger partial charge in [0.05, 0.1) is 19.9 Å². The van der Waals surface area contributed by atoms with Gasteiger partial charge in [-0.15, -0.1) is 0 Å². The fraction of sp³-hybridized carbons (Fsp3) is 0.476. The quantitative estimate of drug-likeness (QED) is 0.827. The summed E-state index contributed by atoms with van der Waals surface area (Å²) in [6.45, 7) is 7.45. The van der Waals surface area contributed by atoms with Gasteiger partial charge in [-0.25, -0.2) is 0 Å². The topological polar surface area (TPSA) is 46.6 Å². The van der Waals surface area contributed by atoms with Crippen LogP contribution in [0.15, 0.2) is 30.5 Å². The van der Waals surface area contributed by atoms with Gasteiger partial charge in [0.25, 0.3) is 0 Å². The van der Waals surface area contributed by atoms with Gasteiger partial charge < -0.3 is 14.8 Å². The lowest BCUT2D eigenvalue weighted by Gasteiger charge is -2.27. The van der Waals surface area contributed by atoms with Gasteiger partial charge in [-0.2, -0.15) is 0 Å². The van der Waals surface area contributed by atoms with Crippen LogP contribution in [0, 0.1) is 0 Å². The van der Waals surface area contributed by atoms with Gasteiger partial charge in [-0.1, -0.05) is 13.3 Å². The maximum absolute atomic E-state index is 5.58. The summed E-state index contributed by atoms with van der Waals surface area (Å²) >= 11 is 0. The Bertz CT molecular complexity index is 727. The van der Waals surface area contributed by atoms with Crippen LogP contribution in [0.1, 0.15) is 24.5 Å². The SMILES string of the molecule is CCCc1cc(-c2cc(CN3CCNCC3)ccn2)cc(OC)c1OC. The van der Waals surface area contributed by atoms with Crippen LogP contribution >= 0.6 is 0 Å². The van der Waals surface area contributed by atoms with Crippen molar-refractivity contribution >= 4 is 0 Å². The van der Waals surface area contributed by atoms with Gasteiger partial charge >= 0.3 is 0 Å². The second kappa shape index (κ2) is 9.01. The van der Waals surface area contributed by atoms with Crippen molar-refractivity contribution < 1.29 is 9.47 Å². The monoisotopic (exact) mass is 355 g/mol. The zero-order valence-electron chi connectivity index (χ0n) is 16.0. The highest BCUT2D eigenvalue weighted by molar-refractivity contribution is 5.67. The van der Waals surface area contributed by atoms with Gasteiger partial charge in [-0.3, -0.25) is 9.88 Å². The number of ether oxygens (including phenoxy) is 2. The first-order valence-corrected chi connectivity index (χ1v) is 9.38. The molecule has 140 valence electrons. The first-order valence-electron chi connectivity index (χ1n) is 9.38. The van der Waals surface area contributed by atoms with Crippen molar-refractivity contribution in [3.63, 3.8) is 0 Å². The number of rotatable bonds is 7. The molecule has 2 heterocycles. The summed E-state index contributed by atoms with van der Waals surface area (Å²) in [6.07, 6.45) is 3.91. The number of nitrogens with one attached hydrogen (secondary N) is 1. The van der Waals surface area contributed by atoms with Crippen LogP contribution in [-0.4, -0.2) is 50.3 Å². The highest BCUT2D eigenvalue weighted by atomic mass is 16.5. The summed E-state index contributed by atoms with van der Waals surface area (Å²) in [7, 11) is 3.38. The third-order valence-electron chi connectivity index (χ3n) is 4.81. The Hall–Kier alpha value is -2.11. The largest absolute Gasteiger partial charge is 0.493 e. The van der Waals surface area contributed by atoms with E-state index in [0.29, 0.717) is 0 Å². The second-order valence-electron chi connectivity index (χ2n) is 6.70. The molecule has 5 nitrogen and oxygen atoms in total. The summed E-state index contributed by atoms with van der Waals surface area (Å²) in [5.41, 5.74) is 4.52. The third-order valence-corrected chi connectivity index (χ3v) is 4.81. The Morgan fingerprint density at radius 1 is 1.12 bits per heavy atom. The minimum atomic E-state index is 0.766. The molecule has 0 aliphatic carbocycles. The van der Waals surface area contributed by atoms with Crippen molar-refractivity contribution in [3.05, 3.63) is 41.6 Å². The number of nitrogens with zero attached hydrogens (tertiary/aromatic N) is 2. The Morgan fingerprint density at radius 3 is 2.62 bits per heavy atom. The number of hydrogen-bond donors (Lipinski definition) is 1. The molecule has 1 aromatic carbocycles. The van der Waals surface area contributed by atoms with Gasteiger partial charge in [-0.05, 0) is 41.8 Å². The van der Waals surface area contributed by atoms with Crippen molar-refractivity contribution in [2.24, 2.45) is 0 Å². The maximum atomic E-state index is 5.58. The van der Waals surface area contributed by atoms with E-state index in [0.717, 1.165) is 68.3 Å². The molecular formula is C21H29N3O2. The fourth-order valence-electron chi connectivity index (χ4n) is 3.50. The van der Waals surface area contributed by atoms with Crippen LogP contribution in [0.3, 0.4) is 0 Å². The molecule has 1 fully saturated rings. The summed E-state index contributed by atoms with van der Waals surface area (Å²) < 4.78 is 11.1. The fourth-order valence-corrected chi connectivity index (χ4v) is 3.50. The summed E-state index contributed by atoms with van der Waals surface area (Å²) in [5.74, 6) is 1.60. The minimum Gasteiger partial charge on any atom is -0.493 e. The molecule has 0 amide bonds. The molecular weight excluding hydrogens is 326 g/mol. The predicted molar refractivity (Wildman–Crippen MR) is 105 cm³/mol. The van der Waals surface area contributed by atoms with Crippen LogP contribution in [0.5, 0.6) is 11.5 Å². The minimum absolute atomic E-state index is 0.766. The standard InChI is InChI=1S/C21H29N3O2/c1-4-5-17-13-18(14-20(25-2)21(17)26-3)19-12-16(6-7-23-19)15-24-10-8-22-9-11-24/h6-7,12-14,22H,4-5,8-11,15H2,1-3H3. The number of pyridine rings is 1. The van der Waals surface area contributed by atoms with E-state index < -0.39 is 0 Å². The molecule has 1 aliphatic heterocycles. The van der Waals surface area contributed by atoms with Gasteiger partial charge in [0.15, 0.2) is 11.5 Å². The molecule has 0 radical (unpaired) electrons. The van der Waals surface area contributed by atoms with E-state index in [-0.39, 0.29) is 0 Å². The molecule has 2 aromatic rings. The summed E-state index contributed by atoms with van der Waals surface area (Å²) in [4.78, 5) is 7.09. The molecule has 1 saturated heterocycles. The molecule has 0 atom stereocenters. The van der Waals surface area contributed by atoms with Crippen molar-refractivity contribution in [3.8, 4) is 22.8 Å². The van der Waals surface area contributed by atoms with Crippen molar-refractivity contribution in [1.82, 2.24) is 15.2 Å². The molecule has 5 heteroatoms. The van der Waals surface area contributed by atoms with Crippen molar-refractivity contribution in [2.75, 3.05) is 40.4 Å². The Labute approximate surface area is 156 Å². The zero-order valence-corrected chi connectivity index (χ0v) is 16.0. The van der Waals surface area contributed by atoms with Crippen LogP contribution in [0.2, 0.25) is 0 Å². The van der Waals surface area contributed by atoms with E-state index in [1.165, 1.54) is 11.1 Å². The summed E-state index contributed by atoms with van der Waals surface area (Å²) in [5, 5.41) is 3.40. The Morgan fingerprint density at radius 2 is 1.92 bits per heavy atom. The predicted octanol–water partition coefficient (Wildman–Crippen LogP) is 3.12. The van der Waals surface area contributed by atoms with Gasteiger partial charge in [0.2, 0.25) is 0 Å². The molecule has 1 aliphatic rings. The van der Waals surface area contributed by atoms with E-state index in [1.54, 1.807) is 14.2 Å². The molecule has 1 N–H and O–H groups in total. The lowest BCUT2D eigenvalue weighted by atomic mass is 10.0. The van der Waals surface area contributed by atoms with Crippen LogP contribution in [0.4, 0.5) is 0 Å². The highest BCUT2D eigenvalue weighted by Gasteiger charge is 2.15. The van der Waals surface area contributed by atoms with Gasteiger partial charge in [0.1, 0.15) is 0 Å². The van der Waals surface area contributed by atoms with Crippen LogP contribution in [-0.2, 0) is 13.0 Å². The first kappa shape index (κ1) is 18.7. The smallest absolute Gasteiger partial charge is 0.163 e. The number of piperazine rings is 1. The highest BCUT2D eigenvalue weighted by Crippen LogP contribution is 2.36. The number of hydrogen-bond acceptors (Lipinski definition) is 5. The first-order chi connectivity index (χ1) is 12.7. The van der Waals surface area contributed by atoms with Crippen molar-refractivity contribution in [2.45, 2.75) is 26.3 Å². The lowest BCUT2D eigenvalue weighted by molar-refractivity contribution is 0.233. The van der Waals surface area contributed by atoms with E-state index in [1.807, 2.05) is 12.3 Å². The number of methoxy groups -OCH3 is 2. The number of aryl methyl sites for hydroxylation is 1. The Kier molecular flexibility index (Phi) is 6.47. The van der Waals surface area contributed by atoms with E-state index in [4.69, 9.17) is 9.47 Å². The van der Waals surface area contributed by atoms with E-state index >= 15 is 0 Å². The average molecular weight is 355 g/mol. The maximum Gasteiger partial charge on any atom is 0.163 e. The molecule has 3 rings (SSSR count). The molecule has 1 aromatic heterocycles. The number of aromatic nitrogens is 1. The number of benzene rings is 1. The zero-order chi connectivity index (χ0) is 18.4. The molecule has 26 heavy (non-hydrogen) atoms. The average Bonchev–Trinajstić information content (AvgIpc) is 2.68. The van der Waals surface area contributed by atoms with Gasteiger partial charge in [0, 0.05) is 44.5 Å². The lowest BCUT2D eigenvalue weighted by Crippen LogP contribution is -2.42. The second-order valence-corrected chi connectivity index (χ2v) is 6.70. The Balaban J connectivity index is 1.90. The third kappa shape index (κ3) is 4.34. The molecule has 0 bridgehead atoms. The molecule has 0 saturated carbocycles. The van der Waals surface area contributed by atoms with E-state index in [9.17, 15) is 0 Å². The van der Waals surface area contributed by atoms with Crippen molar-refractivity contribution in [1.29, 1.82) is 0 Å². The summed E-state index contributed by atoms with van der Waals surface area (Å²) in [6, 6.07) is 8.51.